The van der Waals surface area contributed by atoms with Crippen LogP contribution in [0.15, 0.2) is 48.3 Å². The van der Waals surface area contributed by atoms with E-state index in [1.165, 1.54) is 6.07 Å². The summed E-state index contributed by atoms with van der Waals surface area (Å²) in [5, 5.41) is 0. The lowest BCUT2D eigenvalue weighted by atomic mass is 10.0. The molecule has 0 amide bonds. The molecule has 0 spiro atoms. The lowest BCUT2D eigenvalue weighted by Crippen LogP contribution is -1.92. The van der Waals surface area contributed by atoms with Gasteiger partial charge in [0.05, 0.1) is 0 Å². The van der Waals surface area contributed by atoms with Crippen molar-refractivity contribution in [3.05, 3.63) is 76.6 Å². The van der Waals surface area contributed by atoms with E-state index in [1.807, 2.05) is 0 Å². The number of hydrogen-bond donors (Lipinski definition) is 0. The van der Waals surface area contributed by atoms with Crippen molar-refractivity contribution in [3.63, 3.8) is 0 Å². The second-order valence-corrected chi connectivity index (χ2v) is 6.12. The molecule has 0 N–H and O–H groups in total. The predicted octanol–water partition coefficient (Wildman–Crippen LogP) is 6.94. The molecule has 134 valence electrons. The number of allylic oxidation sites excluding steroid dienone is 1. The third-order valence-corrected chi connectivity index (χ3v) is 4.08. The molecule has 0 aromatic heterocycles. The van der Waals surface area contributed by atoms with Crippen LogP contribution in [0.2, 0.25) is 0 Å². The molecule has 4 heteroatoms. The maximum atomic E-state index is 13.9. The highest BCUT2D eigenvalue weighted by Crippen LogP contribution is 2.24. The predicted molar refractivity (Wildman–Crippen MR) is 93.5 cm³/mol. The minimum absolute atomic E-state index is 0.109. The Morgan fingerprint density at radius 1 is 0.800 bits per heavy atom. The molecule has 0 fully saturated rings. The summed E-state index contributed by atoms with van der Waals surface area (Å²) in [5.41, 5.74) is 2.07. The maximum absolute atomic E-state index is 13.9. The van der Waals surface area contributed by atoms with Gasteiger partial charge in [-0.05, 0) is 55.4 Å². The van der Waals surface area contributed by atoms with Crippen LogP contribution in [-0.4, -0.2) is 0 Å². The van der Waals surface area contributed by atoms with Crippen molar-refractivity contribution in [2.24, 2.45) is 0 Å². The minimum atomic E-state index is -0.833. The van der Waals surface area contributed by atoms with E-state index in [1.54, 1.807) is 37.3 Å². The van der Waals surface area contributed by atoms with E-state index in [4.69, 9.17) is 0 Å². The Balaban J connectivity index is 1.83. The van der Waals surface area contributed by atoms with Gasteiger partial charge in [-0.1, -0.05) is 37.3 Å². The molecule has 0 aliphatic carbocycles. The van der Waals surface area contributed by atoms with Crippen molar-refractivity contribution in [3.8, 4) is 0 Å². The molecule has 0 saturated heterocycles. The van der Waals surface area contributed by atoms with Gasteiger partial charge >= 0.3 is 0 Å². The fraction of sp³-hybridized carbons (Fsp3) is 0.333. The van der Waals surface area contributed by atoms with Crippen LogP contribution in [0.3, 0.4) is 0 Å². The van der Waals surface area contributed by atoms with Gasteiger partial charge in [0, 0.05) is 12.0 Å². The summed E-state index contributed by atoms with van der Waals surface area (Å²) in [6.07, 6.45) is 3.86. The first-order valence-corrected chi connectivity index (χ1v) is 8.58. The molecule has 2 aromatic rings. The number of unbranched alkanes of at least 4 members (excludes halogenated alkanes) is 1. The quantitative estimate of drug-likeness (QED) is 0.357. The Kier molecular flexibility index (Phi) is 7.23. The van der Waals surface area contributed by atoms with Crippen LogP contribution in [0, 0.1) is 11.6 Å². The third kappa shape index (κ3) is 5.73. The second kappa shape index (κ2) is 9.40. The number of benzene rings is 2. The van der Waals surface area contributed by atoms with E-state index in [0.29, 0.717) is 12.8 Å². The van der Waals surface area contributed by atoms with E-state index in [-0.39, 0.29) is 12.0 Å². The molecule has 25 heavy (non-hydrogen) atoms. The van der Waals surface area contributed by atoms with Crippen LogP contribution in [0.1, 0.15) is 49.3 Å². The molecule has 0 radical (unpaired) electrons. The van der Waals surface area contributed by atoms with Crippen LogP contribution in [-0.2, 0) is 12.8 Å². The fourth-order valence-electron chi connectivity index (χ4n) is 2.66. The number of rotatable bonds is 8. The largest absolute Gasteiger partial charge is 0.209 e. The van der Waals surface area contributed by atoms with Crippen LogP contribution in [0.4, 0.5) is 17.6 Å². The van der Waals surface area contributed by atoms with E-state index in [0.717, 1.165) is 36.5 Å². The Bertz CT molecular complexity index is 717. The lowest BCUT2D eigenvalue weighted by Gasteiger charge is -2.05. The second-order valence-electron chi connectivity index (χ2n) is 6.12. The highest BCUT2D eigenvalue weighted by atomic mass is 19.2. The molecule has 0 heterocycles. The van der Waals surface area contributed by atoms with Crippen molar-refractivity contribution in [2.45, 2.75) is 45.4 Å². The topological polar surface area (TPSA) is 0 Å². The van der Waals surface area contributed by atoms with E-state index in [9.17, 15) is 17.6 Å². The van der Waals surface area contributed by atoms with Gasteiger partial charge in [-0.25, -0.2) is 17.6 Å². The molecule has 2 rings (SSSR count). The molecule has 0 atom stereocenters. The van der Waals surface area contributed by atoms with Gasteiger partial charge in [-0.3, -0.25) is 0 Å². The Hall–Kier alpha value is -2.10. The average molecular weight is 350 g/mol. The zero-order chi connectivity index (χ0) is 18.2. The summed E-state index contributed by atoms with van der Waals surface area (Å²) in [7, 11) is 0. The van der Waals surface area contributed by atoms with E-state index in [2.05, 4.69) is 0 Å². The van der Waals surface area contributed by atoms with Crippen molar-refractivity contribution >= 4 is 5.83 Å². The zero-order valence-corrected chi connectivity index (χ0v) is 14.3. The molecule has 0 bridgehead atoms. The minimum Gasteiger partial charge on any atom is -0.209 e. The van der Waals surface area contributed by atoms with Crippen molar-refractivity contribution in [2.75, 3.05) is 0 Å². The molecular weight excluding hydrogens is 328 g/mol. The smallest absolute Gasteiger partial charge is 0.161 e. The van der Waals surface area contributed by atoms with Gasteiger partial charge in [-0.15, -0.1) is 0 Å². The first-order valence-electron chi connectivity index (χ1n) is 8.58. The number of hydrogen-bond acceptors (Lipinski definition) is 0. The van der Waals surface area contributed by atoms with Crippen LogP contribution >= 0.6 is 0 Å². The molecule has 0 aliphatic rings. The van der Waals surface area contributed by atoms with Crippen LogP contribution in [0.5, 0.6) is 0 Å². The summed E-state index contributed by atoms with van der Waals surface area (Å²) in [6.45, 7) is 1.80. The molecule has 2 aromatic carbocycles. The van der Waals surface area contributed by atoms with Crippen molar-refractivity contribution < 1.29 is 17.6 Å². The summed E-state index contributed by atoms with van der Waals surface area (Å²) < 4.78 is 53.3. The van der Waals surface area contributed by atoms with Crippen molar-refractivity contribution in [1.82, 2.24) is 0 Å². The number of halogens is 4. The summed E-state index contributed by atoms with van der Waals surface area (Å²) in [4.78, 5) is 0. The highest BCUT2D eigenvalue weighted by molar-refractivity contribution is 5.61. The summed E-state index contributed by atoms with van der Waals surface area (Å²) in [6, 6.07) is 10.7. The summed E-state index contributed by atoms with van der Waals surface area (Å²) >= 11 is 0. The SMILES string of the molecule is CCC/C(F)=C(\F)c1ccc(CCCCc2ccc(F)c(F)c2)cc1. The molecular formula is C21H22F4. The van der Waals surface area contributed by atoms with Gasteiger partial charge in [0.25, 0.3) is 0 Å². The monoisotopic (exact) mass is 350 g/mol. The first-order chi connectivity index (χ1) is 12.0. The standard InChI is InChI=1S/C21H22F4/c1-2-5-19(23)21(25)17-11-8-15(9-12-17)6-3-4-7-16-10-13-18(22)20(24)14-16/h8-14H,2-7H2,1H3/b21-19+. The van der Waals surface area contributed by atoms with Crippen LogP contribution < -0.4 is 0 Å². The van der Waals surface area contributed by atoms with Gasteiger partial charge < -0.3 is 0 Å². The average Bonchev–Trinajstić information content (AvgIpc) is 2.62. The third-order valence-electron chi connectivity index (χ3n) is 4.08. The Morgan fingerprint density at radius 3 is 2.00 bits per heavy atom. The molecule has 0 aliphatic heterocycles. The van der Waals surface area contributed by atoms with E-state index >= 15 is 0 Å². The highest BCUT2D eigenvalue weighted by Gasteiger charge is 2.08. The Morgan fingerprint density at radius 2 is 1.40 bits per heavy atom. The molecule has 0 unspecified atom stereocenters. The van der Waals surface area contributed by atoms with E-state index < -0.39 is 23.3 Å². The van der Waals surface area contributed by atoms with Crippen LogP contribution in [0.25, 0.3) is 5.83 Å². The fourth-order valence-corrected chi connectivity index (χ4v) is 2.66. The number of aryl methyl sites for hydroxylation is 2. The maximum Gasteiger partial charge on any atom is 0.161 e. The molecule has 0 nitrogen and oxygen atoms in total. The van der Waals surface area contributed by atoms with Gasteiger partial charge in [0.2, 0.25) is 0 Å². The normalized spacial score (nSPS) is 12.2. The first kappa shape index (κ1) is 19.2. The van der Waals surface area contributed by atoms with Gasteiger partial charge in [0.1, 0.15) is 5.83 Å². The zero-order valence-electron chi connectivity index (χ0n) is 14.3. The lowest BCUT2D eigenvalue weighted by molar-refractivity contribution is 0.506. The molecule has 0 saturated carbocycles. The van der Waals surface area contributed by atoms with Crippen molar-refractivity contribution in [1.29, 1.82) is 0 Å². The van der Waals surface area contributed by atoms with Gasteiger partial charge in [0.15, 0.2) is 17.5 Å². The summed E-state index contributed by atoms with van der Waals surface area (Å²) in [5.74, 6) is -3.15. The van der Waals surface area contributed by atoms with Gasteiger partial charge in [-0.2, -0.15) is 0 Å². The Labute approximate surface area is 146 Å².